The molecule has 1 heterocycles. The van der Waals surface area contributed by atoms with Crippen molar-refractivity contribution in [3.8, 4) is 5.75 Å². The first-order chi connectivity index (χ1) is 17.6. The van der Waals surface area contributed by atoms with Gasteiger partial charge in [0.15, 0.2) is 0 Å². The van der Waals surface area contributed by atoms with Crippen LogP contribution in [0.1, 0.15) is 44.1 Å². The van der Waals surface area contributed by atoms with Crippen molar-refractivity contribution in [1.29, 1.82) is 0 Å². The van der Waals surface area contributed by atoms with Crippen molar-refractivity contribution in [2.24, 2.45) is 23.2 Å². The summed E-state index contributed by atoms with van der Waals surface area (Å²) in [6.07, 6.45) is 8.39. The van der Waals surface area contributed by atoms with Crippen LogP contribution in [0, 0.1) is 23.2 Å². The summed E-state index contributed by atoms with van der Waals surface area (Å²) in [5.74, 6) is 3.67. The first-order valence-electron chi connectivity index (χ1n) is 14.1. The van der Waals surface area contributed by atoms with Crippen molar-refractivity contribution in [3.05, 3.63) is 60.2 Å². The maximum absolute atomic E-state index is 13.9. The van der Waals surface area contributed by atoms with E-state index in [4.69, 9.17) is 4.74 Å². The van der Waals surface area contributed by atoms with Crippen molar-refractivity contribution in [2.75, 3.05) is 44.7 Å². The SMILES string of the molecule is COc1ccccc1N1CCN(C[C@H](Cc2ccccc2)NC(=O)C23CC4CC(CC(C4)C2)C3)CC1. The van der Waals surface area contributed by atoms with E-state index in [2.05, 4.69) is 57.6 Å². The maximum atomic E-state index is 13.9. The van der Waals surface area contributed by atoms with Gasteiger partial charge in [-0.25, -0.2) is 0 Å². The highest BCUT2D eigenvalue weighted by atomic mass is 16.5. The van der Waals surface area contributed by atoms with Crippen molar-refractivity contribution in [1.82, 2.24) is 10.2 Å². The van der Waals surface area contributed by atoms with Crippen LogP contribution in [0.5, 0.6) is 5.75 Å². The number of nitrogens with one attached hydrogen (secondary N) is 1. The van der Waals surface area contributed by atoms with Crippen molar-refractivity contribution in [3.63, 3.8) is 0 Å². The Morgan fingerprint density at radius 3 is 2.17 bits per heavy atom. The van der Waals surface area contributed by atoms with E-state index in [1.807, 2.05) is 12.1 Å². The summed E-state index contributed by atoms with van der Waals surface area (Å²) in [7, 11) is 1.75. The second-order valence-electron chi connectivity index (χ2n) is 12.0. The third kappa shape index (κ3) is 4.87. The summed E-state index contributed by atoms with van der Waals surface area (Å²) in [6.45, 7) is 4.85. The second kappa shape index (κ2) is 10.1. The number of ether oxygens (including phenoxy) is 1. The van der Waals surface area contributed by atoms with Crippen molar-refractivity contribution in [2.45, 2.75) is 51.0 Å². The van der Waals surface area contributed by atoms with E-state index in [0.717, 1.165) is 81.9 Å². The Kier molecular flexibility index (Phi) is 6.68. The third-order valence-electron chi connectivity index (χ3n) is 9.46. The van der Waals surface area contributed by atoms with Gasteiger partial charge >= 0.3 is 0 Å². The van der Waals surface area contributed by atoms with Gasteiger partial charge in [0.2, 0.25) is 5.91 Å². The Labute approximate surface area is 216 Å². The van der Waals surface area contributed by atoms with Crippen LogP contribution in [0.25, 0.3) is 0 Å². The Bertz CT molecular complexity index is 1010. The number of amides is 1. The minimum atomic E-state index is -0.0910. The monoisotopic (exact) mass is 487 g/mol. The van der Waals surface area contributed by atoms with E-state index in [0.29, 0.717) is 5.91 Å². The van der Waals surface area contributed by atoms with E-state index < -0.39 is 0 Å². The van der Waals surface area contributed by atoms with Gasteiger partial charge in [-0.15, -0.1) is 0 Å². The summed E-state index contributed by atoms with van der Waals surface area (Å²) in [4.78, 5) is 18.9. The first-order valence-corrected chi connectivity index (χ1v) is 14.1. The third-order valence-corrected chi connectivity index (χ3v) is 9.46. The molecule has 0 unspecified atom stereocenters. The van der Waals surface area contributed by atoms with Gasteiger partial charge in [-0.2, -0.15) is 0 Å². The molecular formula is C31H41N3O2. The highest BCUT2D eigenvalue weighted by molar-refractivity contribution is 5.83. The zero-order valence-corrected chi connectivity index (χ0v) is 21.7. The quantitative estimate of drug-likeness (QED) is 0.583. The van der Waals surface area contributed by atoms with Gasteiger partial charge in [0.1, 0.15) is 5.75 Å². The summed E-state index contributed by atoms with van der Waals surface area (Å²) >= 11 is 0. The lowest BCUT2D eigenvalue weighted by Gasteiger charge is -2.56. The number of carbonyl (C=O) groups excluding carboxylic acids is 1. The molecule has 1 atom stereocenters. The van der Waals surface area contributed by atoms with Gasteiger partial charge < -0.3 is 15.0 Å². The lowest BCUT2D eigenvalue weighted by Crippen LogP contribution is -2.58. The van der Waals surface area contributed by atoms with Gasteiger partial charge in [0, 0.05) is 44.2 Å². The van der Waals surface area contributed by atoms with Crippen LogP contribution in [0.3, 0.4) is 0 Å². The van der Waals surface area contributed by atoms with Gasteiger partial charge in [-0.3, -0.25) is 9.69 Å². The molecule has 2 aromatic rings. The zero-order chi connectivity index (χ0) is 24.5. The molecule has 0 radical (unpaired) electrons. The lowest BCUT2D eigenvalue weighted by molar-refractivity contribution is -0.147. The lowest BCUT2D eigenvalue weighted by atomic mass is 9.49. The summed E-state index contributed by atoms with van der Waals surface area (Å²) in [6, 6.07) is 19.1. The van der Waals surface area contributed by atoms with Gasteiger partial charge in [0.25, 0.3) is 0 Å². The Morgan fingerprint density at radius 1 is 0.917 bits per heavy atom. The Morgan fingerprint density at radius 2 is 1.53 bits per heavy atom. The van der Waals surface area contributed by atoms with E-state index in [1.54, 1.807) is 7.11 Å². The number of para-hydroxylation sites is 2. The Balaban J connectivity index is 1.12. The van der Waals surface area contributed by atoms with Gasteiger partial charge in [-0.1, -0.05) is 42.5 Å². The molecule has 0 spiro atoms. The number of anilines is 1. The fourth-order valence-corrected chi connectivity index (χ4v) is 8.16. The first kappa shape index (κ1) is 23.8. The molecule has 1 aliphatic heterocycles. The normalized spacial score (nSPS) is 30.2. The van der Waals surface area contributed by atoms with Gasteiger partial charge in [-0.05, 0) is 80.4 Å². The van der Waals surface area contributed by atoms with Crippen LogP contribution in [0.4, 0.5) is 5.69 Å². The molecule has 4 bridgehead atoms. The molecule has 192 valence electrons. The van der Waals surface area contributed by atoms with Crippen molar-refractivity contribution < 1.29 is 9.53 Å². The van der Waals surface area contributed by atoms with E-state index in [9.17, 15) is 4.79 Å². The molecule has 2 aromatic carbocycles. The van der Waals surface area contributed by atoms with Crippen molar-refractivity contribution >= 4 is 11.6 Å². The average molecular weight is 488 g/mol. The van der Waals surface area contributed by atoms with Gasteiger partial charge in [0.05, 0.1) is 12.8 Å². The molecule has 1 amide bonds. The largest absolute Gasteiger partial charge is 0.495 e. The predicted molar refractivity (Wildman–Crippen MR) is 144 cm³/mol. The number of rotatable bonds is 8. The fraction of sp³-hybridized carbons (Fsp3) is 0.581. The molecule has 36 heavy (non-hydrogen) atoms. The number of carbonyl (C=O) groups is 1. The van der Waals surface area contributed by atoms with Crippen LogP contribution in [-0.2, 0) is 11.2 Å². The topological polar surface area (TPSA) is 44.8 Å². The number of hydrogen-bond donors (Lipinski definition) is 1. The van der Waals surface area contributed by atoms with Crippen LogP contribution < -0.4 is 15.0 Å². The zero-order valence-electron chi connectivity index (χ0n) is 21.7. The molecule has 1 N–H and O–H groups in total. The molecule has 1 saturated heterocycles. The molecule has 5 fully saturated rings. The molecule has 5 aliphatic rings. The molecule has 5 nitrogen and oxygen atoms in total. The maximum Gasteiger partial charge on any atom is 0.226 e. The van der Waals surface area contributed by atoms with Crippen LogP contribution in [0.15, 0.2) is 54.6 Å². The smallest absolute Gasteiger partial charge is 0.226 e. The second-order valence-corrected chi connectivity index (χ2v) is 12.0. The minimum Gasteiger partial charge on any atom is -0.495 e. The van der Waals surface area contributed by atoms with E-state index in [1.165, 1.54) is 30.5 Å². The Hall–Kier alpha value is -2.53. The van der Waals surface area contributed by atoms with Crippen LogP contribution in [-0.4, -0.2) is 56.7 Å². The predicted octanol–water partition coefficient (Wildman–Crippen LogP) is 4.76. The van der Waals surface area contributed by atoms with Crippen LogP contribution in [0.2, 0.25) is 0 Å². The average Bonchev–Trinajstić information content (AvgIpc) is 2.89. The number of piperazine rings is 1. The molecule has 7 rings (SSSR count). The summed E-state index contributed by atoms with van der Waals surface area (Å²) < 4.78 is 5.60. The fourth-order valence-electron chi connectivity index (χ4n) is 8.16. The summed E-state index contributed by atoms with van der Waals surface area (Å²) in [5.41, 5.74) is 2.39. The number of nitrogens with zero attached hydrogens (tertiary/aromatic N) is 2. The number of methoxy groups -OCH3 is 1. The van der Waals surface area contributed by atoms with E-state index >= 15 is 0 Å². The molecule has 0 aromatic heterocycles. The molecule has 4 saturated carbocycles. The molecule has 4 aliphatic carbocycles. The molecule has 5 heteroatoms. The minimum absolute atomic E-state index is 0.0910. The number of benzene rings is 2. The highest BCUT2D eigenvalue weighted by Crippen LogP contribution is 2.60. The standard InChI is InChI=1S/C31H41N3O2/c1-36-29-10-6-5-9-28(29)34-13-11-33(12-14-34)22-27(18-23-7-3-2-4-8-23)32-30(35)31-19-24-15-25(20-31)17-26(16-24)21-31/h2-10,24-27H,11-22H2,1H3,(H,32,35)/t24?,25?,26?,27-,31?/m0/s1. The molecular weight excluding hydrogens is 446 g/mol. The van der Waals surface area contributed by atoms with E-state index in [-0.39, 0.29) is 11.5 Å². The summed E-state index contributed by atoms with van der Waals surface area (Å²) in [5, 5.41) is 3.62. The van der Waals surface area contributed by atoms with Crippen LogP contribution >= 0.6 is 0 Å². The number of hydrogen-bond acceptors (Lipinski definition) is 4. The highest BCUT2D eigenvalue weighted by Gasteiger charge is 2.54.